The van der Waals surface area contributed by atoms with Crippen molar-refractivity contribution in [2.75, 3.05) is 5.32 Å². The zero-order valence-corrected chi connectivity index (χ0v) is 17.2. The number of halogens is 1. The van der Waals surface area contributed by atoms with Gasteiger partial charge in [-0.3, -0.25) is 9.55 Å². The summed E-state index contributed by atoms with van der Waals surface area (Å²) in [7, 11) is 0. The molecule has 2 aromatic carbocycles. The molecule has 0 aliphatic rings. The van der Waals surface area contributed by atoms with Crippen molar-refractivity contribution in [1.29, 1.82) is 5.26 Å². The maximum absolute atomic E-state index is 12.4. The van der Waals surface area contributed by atoms with Crippen molar-refractivity contribution in [3.63, 3.8) is 0 Å². The maximum Gasteiger partial charge on any atom is 0.352 e. The number of hydrogen-bond donors (Lipinski definition) is 2. The Morgan fingerprint density at radius 2 is 1.81 bits per heavy atom. The first kappa shape index (κ1) is 20.8. The number of anilines is 2. The third-order valence-electron chi connectivity index (χ3n) is 4.37. The van der Waals surface area contributed by atoms with Crippen molar-refractivity contribution in [1.82, 2.24) is 19.5 Å². The van der Waals surface area contributed by atoms with E-state index in [0.29, 0.717) is 22.2 Å². The van der Waals surface area contributed by atoms with E-state index in [4.69, 9.17) is 21.6 Å². The number of hydrogen-bond acceptors (Lipinski definition) is 7. The van der Waals surface area contributed by atoms with Crippen LogP contribution in [0.1, 0.15) is 11.3 Å². The molecule has 4 aromatic rings. The van der Waals surface area contributed by atoms with Gasteiger partial charge in [0, 0.05) is 23.0 Å². The summed E-state index contributed by atoms with van der Waals surface area (Å²) in [6.07, 6.45) is 1.49. The van der Waals surface area contributed by atoms with E-state index < -0.39 is 11.4 Å². The Balaban J connectivity index is 1.56. The van der Waals surface area contributed by atoms with E-state index in [0.717, 1.165) is 5.56 Å². The number of nitrogens with zero attached hydrogens (tertiary/aromatic N) is 4. The molecule has 9 nitrogen and oxygen atoms in total. The van der Waals surface area contributed by atoms with E-state index in [1.165, 1.54) is 16.8 Å². The van der Waals surface area contributed by atoms with E-state index in [-0.39, 0.29) is 18.2 Å². The summed E-state index contributed by atoms with van der Waals surface area (Å²) >= 11 is 5.92. The number of benzene rings is 2. The third-order valence-corrected chi connectivity index (χ3v) is 4.62. The van der Waals surface area contributed by atoms with Crippen LogP contribution in [0.3, 0.4) is 0 Å². The molecule has 0 atom stereocenters. The second kappa shape index (κ2) is 9.16. The predicted molar refractivity (Wildman–Crippen MR) is 118 cm³/mol. The molecular weight excluding hydrogens is 432 g/mol. The molecule has 2 aromatic heterocycles. The van der Waals surface area contributed by atoms with Crippen molar-refractivity contribution in [3.8, 4) is 17.6 Å². The quantitative estimate of drug-likeness (QED) is 0.464. The fourth-order valence-corrected chi connectivity index (χ4v) is 2.99. The number of nitriles is 1. The largest absolute Gasteiger partial charge is 0.457 e. The lowest BCUT2D eigenvalue weighted by Crippen LogP contribution is -2.34. The minimum absolute atomic E-state index is 0.0927. The molecule has 2 heterocycles. The third kappa shape index (κ3) is 5.00. The van der Waals surface area contributed by atoms with E-state index in [9.17, 15) is 9.59 Å². The van der Waals surface area contributed by atoms with Gasteiger partial charge in [0.1, 0.15) is 23.3 Å². The van der Waals surface area contributed by atoms with Gasteiger partial charge >= 0.3 is 11.4 Å². The van der Waals surface area contributed by atoms with Gasteiger partial charge in [0.05, 0.1) is 6.54 Å². The molecular formula is C22H15ClN6O3. The SMILES string of the molecule is N#Cc1cc(Oc2ccc(Nc3nc(=O)[nH]c(=O)n3Cc3ccc(Cl)cc3)cc2)ccn1. The molecule has 0 aliphatic carbocycles. The van der Waals surface area contributed by atoms with Crippen LogP contribution in [-0.2, 0) is 6.54 Å². The van der Waals surface area contributed by atoms with Gasteiger partial charge in [-0.15, -0.1) is 0 Å². The maximum atomic E-state index is 12.4. The van der Waals surface area contributed by atoms with Crippen LogP contribution < -0.4 is 21.4 Å². The number of rotatable bonds is 6. The zero-order valence-electron chi connectivity index (χ0n) is 16.4. The van der Waals surface area contributed by atoms with Gasteiger partial charge in [-0.1, -0.05) is 23.7 Å². The smallest absolute Gasteiger partial charge is 0.352 e. The van der Waals surface area contributed by atoms with Gasteiger partial charge in [-0.25, -0.2) is 14.6 Å². The molecule has 0 spiro atoms. The highest BCUT2D eigenvalue weighted by Gasteiger charge is 2.10. The molecule has 32 heavy (non-hydrogen) atoms. The Morgan fingerprint density at radius 1 is 1.06 bits per heavy atom. The number of H-pyrrole nitrogens is 1. The van der Waals surface area contributed by atoms with Gasteiger partial charge in [0.15, 0.2) is 0 Å². The lowest BCUT2D eigenvalue weighted by atomic mass is 10.2. The van der Waals surface area contributed by atoms with E-state index in [2.05, 4.69) is 20.3 Å². The molecule has 0 amide bonds. The molecule has 10 heteroatoms. The minimum atomic E-state index is -0.754. The first-order chi connectivity index (χ1) is 15.5. The molecule has 158 valence electrons. The molecule has 0 bridgehead atoms. The van der Waals surface area contributed by atoms with Crippen molar-refractivity contribution >= 4 is 23.2 Å². The molecule has 0 radical (unpaired) electrons. The number of ether oxygens (including phenoxy) is 1. The van der Waals surface area contributed by atoms with Gasteiger partial charge in [-0.2, -0.15) is 10.2 Å². The molecule has 0 aliphatic heterocycles. The molecule has 2 N–H and O–H groups in total. The average molecular weight is 447 g/mol. The molecule has 0 unspecified atom stereocenters. The summed E-state index contributed by atoms with van der Waals surface area (Å²) < 4.78 is 7.04. The fourth-order valence-electron chi connectivity index (χ4n) is 2.86. The molecule has 0 saturated carbocycles. The van der Waals surface area contributed by atoms with E-state index in [1.54, 1.807) is 54.6 Å². The van der Waals surface area contributed by atoms with Gasteiger partial charge in [-0.05, 0) is 48.0 Å². The Hall–Kier alpha value is -4.42. The lowest BCUT2D eigenvalue weighted by Gasteiger charge is -2.13. The minimum Gasteiger partial charge on any atom is -0.457 e. The van der Waals surface area contributed by atoms with Crippen LogP contribution >= 0.6 is 11.6 Å². The number of aromatic amines is 1. The van der Waals surface area contributed by atoms with Crippen LogP contribution in [-0.4, -0.2) is 19.5 Å². The van der Waals surface area contributed by atoms with E-state index >= 15 is 0 Å². The van der Waals surface area contributed by atoms with Crippen LogP contribution in [0.4, 0.5) is 11.6 Å². The highest BCUT2D eigenvalue weighted by Crippen LogP contribution is 2.24. The van der Waals surface area contributed by atoms with Crippen LogP contribution in [0.5, 0.6) is 11.5 Å². The Morgan fingerprint density at radius 3 is 2.53 bits per heavy atom. The zero-order chi connectivity index (χ0) is 22.5. The van der Waals surface area contributed by atoms with Crippen molar-refractivity contribution < 1.29 is 4.74 Å². The van der Waals surface area contributed by atoms with Crippen molar-refractivity contribution in [3.05, 3.63) is 104 Å². The second-order valence-electron chi connectivity index (χ2n) is 6.62. The summed E-state index contributed by atoms with van der Waals surface area (Å²) in [5, 5.41) is 12.5. The molecule has 0 fully saturated rings. The Kier molecular flexibility index (Phi) is 5.96. The average Bonchev–Trinajstić information content (AvgIpc) is 2.79. The van der Waals surface area contributed by atoms with Crippen LogP contribution in [0.2, 0.25) is 5.02 Å². The van der Waals surface area contributed by atoms with Crippen molar-refractivity contribution in [2.24, 2.45) is 0 Å². The van der Waals surface area contributed by atoms with Crippen LogP contribution in [0.25, 0.3) is 0 Å². The van der Waals surface area contributed by atoms with Gasteiger partial charge < -0.3 is 10.1 Å². The van der Waals surface area contributed by atoms with Gasteiger partial charge in [0.25, 0.3) is 0 Å². The summed E-state index contributed by atoms with van der Waals surface area (Å²) in [6, 6.07) is 18.9. The Bertz CT molecular complexity index is 1410. The number of pyridine rings is 1. The fraction of sp³-hybridized carbons (Fsp3) is 0.0455. The Labute approximate surface area is 186 Å². The van der Waals surface area contributed by atoms with Crippen LogP contribution in [0, 0.1) is 11.3 Å². The summed E-state index contributed by atoms with van der Waals surface area (Å²) in [5.41, 5.74) is 0.308. The standard InChI is InChI=1S/C22H15ClN6O3/c23-15-3-1-14(2-4-15)13-29-20(27-21(30)28-22(29)31)26-16-5-7-18(8-6-16)32-19-9-10-25-17(11-19)12-24/h1-11H,13H2,(H2,26,27,28,30,31). The summed E-state index contributed by atoms with van der Waals surface area (Å²) in [5.74, 6) is 1.10. The lowest BCUT2D eigenvalue weighted by molar-refractivity contribution is 0.482. The predicted octanol–water partition coefficient (Wildman–Crippen LogP) is 3.44. The summed E-state index contributed by atoms with van der Waals surface area (Å²) in [4.78, 5) is 34.1. The van der Waals surface area contributed by atoms with Crippen molar-refractivity contribution in [2.45, 2.75) is 6.54 Å². The first-order valence-corrected chi connectivity index (χ1v) is 9.75. The summed E-state index contributed by atoms with van der Waals surface area (Å²) in [6.45, 7) is 0.187. The topological polar surface area (TPSA) is 126 Å². The number of aromatic nitrogens is 4. The van der Waals surface area contributed by atoms with Gasteiger partial charge in [0.2, 0.25) is 5.95 Å². The second-order valence-corrected chi connectivity index (χ2v) is 7.06. The first-order valence-electron chi connectivity index (χ1n) is 9.37. The normalized spacial score (nSPS) is 10.4. The van der Waals surface area contributed by atoms with E-state index in [1.807, 2.05) is 6.07 Å². The highest BCUT2D eigenvalue weighted by molar-refractivity contribution is 6.30. The monoisotopic (exact) mass is 446 g/mol. The highest BCUT2D eigenvalue weighted by atomic mass is 35.5. The number of nitrogens with one attached hydrogen (secondary N) is 2. The molecule has 0 saturated heterocycles. The van der Waals surface area contributed by atoms with Crippen LogP contribution in [0.15, 0.2) is 76.4 Å². The molecule has 4 rings (SSSR count).